The van der Waals surface area contributed by atoms with Crippen molar-refractivity contribution in [1.82, 2.24) is 14.7 Å². The molecule has 1 saturated carbocycles. The Morgan fingerprint density at radius 1 is 1.36 bits per heavy atom. The first kappa shape index (κ1) is 18.9. The predicted octanol–water partition coefficient (Wildman–Crippen LogP) is 4.87. The van der Waals surface area contributed by atoms with Crippen molar-refractivity contribution in [1.29, 1.82) is 0 Å². The summed E-state index contributed by atoms with van der Waals surface area (Å²) in [6, 6.07) is 8.07. The lowest BCUT2D eigenvalue weighted by atomic mass is 9.68. The second-order valence-electron chi connectivity index (χ2n) is 8.45. The van der Waals surface area contributed by atoms with Crippen LogP contribution >= 0.6 is 0 Å². The van der Waals surface area contributed by atoms with E-state index in [1.807, 2.05) is 0 Å². The monoisotopic (exact) mass is 378 g/mol. The molecule has 2 N–H and O–H groups in total. The lowest BCUT2D eigenvalue weighted by Crippen LogP contribution is -2.27. The molecule has 1 aliphatic carbocycles. The molecule has 2 aromatic heterocycles. The van der Waals surface area contributed by atoms with Crippen LogP contribution in [-0.4, -0.2) is 14.7 Å². The highest BCUT2D eigenvalue weighted by Gasteiger charge is 2.33. The molecule has 0 radical (unpaired) electrons. The Hall–Kier alpha value is -2.40. The smallest absolute Gasteiger partial charge is 0.243 e. The summed E-state index contributed by atoms with van der Waals surface area (Å²) in [5.41, 5.74) is 10.4. The van der Waals surface area contributed by atoms with E-state index in [0.717, 1.165) is 31.5 Å². The van der Waals surface area contributed by atoms with E-state index in [4.69, 9.17) is 10.3 Å². The molecule has 2 heterocycles. The fourth-order valence-corrected chi connectivity index (χ4v) is 4.74. The van der Waals surface area contributed by atoms with Crippen LogP contribution < -0.4 is 5.73 Å². The largest absolute Gasteiger partial charge is 0.350 e. The van der Waals surface area contributed by atoms with Gasteiger partial charge in [0.1, 0.15) is 0 Å². The molecule has 0 spiro atoms. The topological polar surface area (TPSA) is 69.9 Å². The summed E-state index contributed by atoms with van der Waals surface area (Å²) in [5, 5.41) is 5.49. The van der Waals surface area contributed by atoms with Crippen molar-refractivity contribution in [2.45, 2.75) is 57.9 Å². The lowest BCUT2D eigenvalue weighted by molar-refractivity contribution is 0.207. The van der Waals surface area contributed by atoms with Gasteiger partial charge in [-0.1, -0.05) is 42.4 Å². The first-order valence-corrected chi connectivity index (χ1v) is 10.3. The summed E-state index contributed by atoms with van der Waals surface area (Å²) in [6.45, 7) is 6.48. The average molecular weight is 379 g/mol. The number of fused-ring (bicyclic) bond motifs is 1. The average Bonchev–Trinajstić information content (AvgIpc) is 3.27. The third-order valence-corrected chi connectivity index (χ3v) is 6.37. The fourth-order valence-electron chi connectivity index (χ4n) is 4.74. The van der Waals surface area contributed by atoms with Gasteiger partial charge in [0.05, 0.1) is 6.04 Å². The van der Waals surface area contributed by atoms with Crippen LogP contribution in [0, 0.1) is 5.41 Å². The number of aromatic nitrogens is 3. The van der Waals surface area contributed by atoms with Crippen molar-refractivity contribution >= 4 is 10.9 Å². The second-order valence-corrected chi connectivity index (χ2v) is 8.45. The molecule has 1 fully saturated rings. The third-order valence-electron chi connectivity index (χ3n) is 6.37. The number of aryl methyl sites for hydroxylation is 1. The Kier molecular flexibility index (Phi) is 5.11. The predicted molar refractivity (Wildman–Crippen MR) is 112 cm³/mol. The zero-order chi connectivity index (χ0) is 19.7. The summed E-state index contributed by atoms with van der Waals surface area (Å²) >= 11 is 0. The molecule has 2 atom stereocenters. The van der Waals surface area contributed by atoms with E-state index in [0.29, 0.717) is 12.3 Å². The number of nitrogens with zero attached hydrogens (tertiary/aromatic N) is 3. The molecule has 0 aliphatic heterocycles. The molecule has 0 saturated heterocycles. The van der Waals surface area contributed by atoms with Gasteiger partial charge in [-0.3, -0.25) is 0 Å². The minimum Gasteiger partial charge on any atom is -0.350 e. The van der Waals surface area contributed by atoms with Gasteiger partial charge in [0, 0.05) is 30.6 Å². The fraction of sp³-hybridized carbons (Fsp3) is 0.478. The van der Waals surface area contributed by atoms with Crippen LogP contribution in [0.3, 0.4) is 0 Å². The molecule has 5 nitrogen and oxygen atoms in total. The zero-order valence-corrected chi connectivity index (χ0v) is 16.9. The van der Waals surface area contributed by atoms with E-state index in [9.17, 15) is 0 Å². The van der Waals surface area contributed by atoms with Crippen molar-refractivity contribution in [2.75, 3.05) is 0 Å². The molecule has 4 rings (SSSR count). The maximum atomic E-state index is 6.44. The summed E-state index contributed by atoms with van der Waals surface area (Å²) in [5.74, 6) is 1.31. The van der Waals surface area contributed by atoms with Crippen molar-refractivity contribution in [3.63, 3.8) is 0 Å². The van der Waals surface area contributed by atoms with Crippen molar-refractivity contribution in [3.05, 3.63) is 59.9 Å². The van der Waals surface area contributed by atoms with E-state index < -0.39 is 0 Å². The van der Waals surface area contributed by atoms with Gasteiger partial charge in [-0.25, -0.2) is 0 Å². The van der Waals surface area contributed by atoms with Gasteiger partial charge in [0.15, 0.2) is 5.82 Å². The molecule has 5 heteroatoms. The summed E-state index contributed by atoms with van der Waals surface area (Å²) in [6.07, 6.45) is 9.39. The molecular formula is C23H30N4O. The number of hydrogen-bond acceptors (Lipinski definition) is 4. The minimum atomic E-state index is -0.300. The molecule has 0 bridgehead atoms. The number of hydrogen-bond donors (Lipinski definition) is 1. The molecular weight excluding hydrogens is 348 g/mol. The highest BCUT2D eigenvalue weighted by atomic mass is 16.5. The third kappa shape index (κ3) is 3.63. The SMILES string of the molecule is C=C1CCCC(CC)(Cc2noc(C(N)Cc3cn(C)c4ccccc34)n2)C1. The highest BCUT2D eigenvalue weighted by Crippen LogP contribution is 2.43. The standard InChI is InChI=1S/C23H30N4O/c1-4-23(11-7-8-16(2)13-23)14-21-25-22(28-26-21)19(24)12-17-15-27(3)20-10-6-5-9-18(17)20/h5-6,9-10,15,19H,2,4,7-8,11-14,24H2,1,3H3. The summed E-state index contributed by atoms with van der Waals surface area (Å²) in [7, 11) is 2.06. The number of allylic oxidation sites excluding steroid dienone is 1. The normalized spacial score (nSPS) is 21.3. The molecule has 1 aromatic carbocycles. The number of nitrogens with two attached hydrogens (primary N) is 1. The van der Waals surface area contributed by atoms with Crippen molar-refractivity contribution in [2.24, 2.45) is 18.2 Å². The van der Waals surface area contributed by atoms with E-state index in [1.54, 1.807) is 0 Å². The van der Waals surface area contributed by atoms with Gasteiger partial charge in [0.25, 0.3) is 0 Å². The lowest BCUT2D eigenvalue weighted by Gasteiger charge is -2.36. The van der Waals surface area contributed by atoms with Crippen LogP contribution in [0.2, 0.25) is 0 Å². The Morgan fingerprint density at radius 3 is 2.96 bits per heavy atom. The first-order valence-electron chi connectivity index (χ1n) is 10.3. The maximum Gasteiger partial charge on any atom is 0.243 e. The first-order chi connectivity index (χ1) is 13.5. The Bertz CT molecular complexity index is 986. The van der Waals surface area contributed by atoms with Gasteiger partial charge in [0.2, 0.25) is 5.89 Å². The van der Waals surface area contributed by atoms with E-state index in [-0.39, 0.29) is 11.5 Å². The quantitative estimate of drug-likeness (QED) is 0.621. The van der Waals surface area contributed by atoms with Gasteiger partial charge in [-0.2, -0.15) is 4.98 Å². The second kappa shape index (κ2) is 7.55. The van der Waals surface area contributed by atoms with Gasteiger partial charge < -0.3 is 14.8 Å². The van der Waals surface area contributed by atoms with Crippen LogP contribution in [-0.2, 0) is 19.9 Å². The summed E-state index contributed by atoms with van der Waals surface area (Å²) in [4.78, 5) is 4.67. The van der Waals surface area contributed by atoms with E-state index >= 15 is 0 Å². The van der Waals surface area contributed by atoms with Crippen LogP contribution in [0.4, 0.5) is 0 Å². The van der Waals surface area contributed by atoms with Gasteiger partial charge in [-0.15, -0.1) is 0 Å². The molecule has 1 aliphatic rings. The zero-order valence-electron chi connectivity index (χ0n) is 16.9. The van der Waals surface area contributed by atoms with Crippen LogP contribution in [0.1, 0.15) is 62.3 Å². The van der Waals surface area contributed by atoms with Crippen molar-refractivity contribution in [3.8, 4) is 0 Å². The maximum absolute atomic E-state index is 6.44. The highest BCUT2D eigenvalue weighted by molar-refractivity contribution is 5.83. The molecule has 2 unspecified atom stereocenters. The summed E-state index contributed by atoms with van der Waals surface area (Å²) < 4.78 is 7.70. The minimum absolute atomic E-state index is 0.218. The molecule has 0 amide bonds. The Labute approximate surface area is 166 Å². The van der Waals surface area contributed by atoms with E-state index in [1.165, 1.54) is 34.9 Å². The van der Waals surface area contributed by atoms with Crippen molar-refractivity contribution < 1.29 is 4.52 Å². The van der Waals surface area contributed by atoms with Crippen LogP contribution in [0.15, 0.2) is 47.1 Å². The van der Waals surface area contributed by atoms with Gasteiger partial charge in [-0.05, 0) is 55.6 Å². The Balaban J connectivity index is 1.49. The van der Waals surface area contributed by atoms with Gasteiger partial charge >= 0.3 is 0 Å². The molecule has 28 heavy (non-hydrogen) atoms. The number of benzene rings is 1. The molecule has 148 valence electrons. The van der Waals surface area contributed by atoms with E-state index in [2.05, 4.69) is 65.7 Å². The number of rotatable bonds is 6. The molecule has 3 aromatic rings. The Morgan fingerprint density at radius 2 is 2.18 bits per heavy atom. The van der Waals surface area contributed by atoms with Crippen LogP contribution in [0.25, 0.3) is 10.9 Å². The number of para-hydroxylation sites is 1. The van der Waals surface area contributed by atoms with Crippen LogP contribution in [0.5, 0.6) is 0 Å².